The first-order chi connectivity index (χ1) is 8.19. The Hall–Kier alpha value is -2.23. The number of carbonyl (C=O) groups excluding carboxylic acids is 1. The second-order valence-corrected chi connectivity index (χ2v) is 3.56. The van der Waals surface area contributed by atoms with Crippen molar-refractivity contribution in [2.75, 3.05) is 13.7 Å². The summed E-state index contributed by atoms with van der Waals surface area (Å²) in [7, 11) is 1.31. The number of phenols is 1. The third-order valence-corrected chi connectivity index (χ3v) is 2.38. The van der Waals surface area contributed by atoms with Crippen LogP contribution in [0.2, 0.25) is 0 Å². The van der Waals surface area contributed by atoms with Gasteiger partial charge in [0.05, 0.1) is 7.11 Å². The molecule has 0 bridgehead atoms. The first kappa shape index (κ1) is 11.3. The molecule has 0 spiro atoms. The summed E-state index contributed by atoms with van der Waals surface area (Å²) in [5, 5.41) is 11.2. The highest BCUT2D eigenvalue weighted by Gasteiger charge is 2.03. The Bertz CT molecular complexity index is 548. The predicted octanol–water partition coefficient (Wildman–Crippen LogP) is 2.10. The van der Waals surface area contributed by atoms with Crippen molar-refractivity contribution in [3.8, 4) is 11.5 Å². The quantitative estimate of drug-likeness (QED) is 0.823. The molecule has 0 atom stereocenters. The molecule has 88 valence electrons. The van der Waals surface area contributed by atoms with Crippen LogP contribution < -0.4 is 4.74 Å². The molecule has 0 fully saturated rings. The number of carbonyl (C=O) groups is 1. The molecule has 0 saturated heterocycles. The fourth-order valence-electron chi connectivity index (χ4n) is 1.50. The lowest BCUT2D eigenvalue weighted by Crippen LogP contribution is -2.12. The second-order valence-electron chi connectivity index (χ2n) is 3.56. The van der Waals surface area contributed by atoms with Crippen LogP contribution in [-0.4, -0.2) is 24.8 Å². The van der Waals surface area contributed by atoms with Crippen LogP contribution in [0, 0.1) is 0 Å². The molecule has 2 aromatic rings. The Morgan fingerprint density at radius 1 is 1.18 bits per heavy atom. The highest BCUT2D eigenvalue weighted by molar-refractivity contribution is 5.85. The molecule has 0 aromatic heterocycles. The summed E-state index contributed by atoms with van der Waals surface area (Å²) in [5.41, 5.74) is 0. The average molecular weight is 232 g/mol. The van der Waals surface area contributed by atoms with Gasteiger partial charge in [-0.2, -0.15) is 0 Å². The van der Waals surface area contributed by atoms with Crippen LogP contribution in [0.5, 0.6) is 11.5 Å². The van der Waals surface area contributed by atoms with E-state index in [4.69, 9.17) is 4.74 Å². The van der Waals surface area contributed by atoms with Crippen LogP contribution >= 0.6 is 0 Å². The molecule has 2 rings (SSSR count). The predicted molar refractivity (Wildman–Crippen MR) is 63.1 cm³/mol. The van der Waals surface area contributed by atoms with Gasteiger partial charge in [0.15, 0.2) is 6.61 Å². The van der Waals surface area contributed by atoms with Crippen LogP contribution in [0.3, 0.4) is 0 Å². The molecule has 17 heavy (non-hydrogen) atoms. The molecule has 2 aromatic carbocycles. The molecule has 4 nitrogen and oxygen atoms in total. The summed E-state index contributed by atoms with van der Waals surface area (Å²) in [5.74, 6) is 0.331. The van der Waals surface area contributed by atoms with Gasteiger partial charge in [0, 0.05) is 0 Å². The van der Waals surface area contributed by atoms with E-state index in [1.807, 2.05) is 12.1 Å². The maximum absolute atomic E-state index is 10.9. The van der Waals surface area contributed by atoms with Crippen molar-refractivity contribution in [1.29, 1.82) is 0 Å². The Balaban J connectivity index is 2.22. The van der Waals surface area contributed by atoms with Gasteiger partial charge in [-0.05, 0) is 35.0 Å². The van der Waals surface area contributed by atoms with E-state index >= 15 is 0 Å². The van der Waals surface area contributed by atoms with Gasteiger partial charge < -0.3 is 14.6 Å². The number of hydrogen-bond acceptors (Lipinski definition) is 4. The number of methoxy groups -OCH3 is 1. The van der Waals surface area contributed by atoms with Gasteiger partial charge in [-0.25, -0.2) is 4.79 Å². The largest absolute Gasteiger partial charge is 0.508 e. The minimum atomic E-state index is -0.430. The van der Waals surface area contributed by atoms with Crippen molar-refractivity contribution in [2.45, 2.75) is 0 Å². The minimum absolute atomic E-state index is 0.124. The van der Waals surface area contributed by atoms with Crippen LogP contribution in [0.1, 0.15) is 0 Å². The number of rotatable bonds is 3. The van der Waals surface area contributed by atoms with E-state index in [2.05, 4.69) is 4.74 Å². The van der Waals surface area contributed by atoms with Crippen molar-refractivity contribution in [3.63, 3.8) is 0 Å². The maximum atomic E-state index is 10.9. The molecular formula is C13H12O4. The molecule has 0 heterocycles. The maximum Gasteiger partial charge on any atom is 0.343 e. The number of ether oxygens (including phenoxy) is 2. The topological polar surface area (TPSA) is 55.8 Å². The van der Waals surface area contributed by atoms with Gasteiger partial charge in [0.1, 0.15) is 11.5 Å². The van der Waals surface area contributed by atoms with E-state index in [0.717, 1.165) is 10.8 Å². The van der Waals surface area contributed by atoms with E-state index < -0.39 is 5.97 Å². The van der Waals surface area contributed by atoms with Gasteiger partial charge in [0.25, 0.3) is 0 Å². The lowest BCUT2D eigenvalue weighted by Gasteiger charge is -2.06. The normalized spacial score (nSPS) is 10.2. The lowest BCUT2D eigenvalue weighted by molar-refractivity contribution is -0.142. The monoisotopic (exact) mass is 232 g/mol. The molecule has 0 aliphatic carbocycles. The van der Waals surface area contributed by atoms with Crippen molar-refractivity contribution >= 4 is 16.7 Å². The molecule has 0 aliphatic heterocycles. The summed E-state index contributed by atoms with van der Waals surface area (Å²) in [6, 6.07) is 10.5. The first-order valence-electron chi connectivity index (χ1n) is 5.11. The van der Waals surface area contributed by atoms with Crippen molar-refractivity contribution in [2.24, 2.45) is 0 Å². The molecule has 0 saturated carbocycles. The third kappa shape index (κ3) is 2.66. The van der Waals surface area contributed by atoms with E-state index in [0.29, 0.717) is 5.75 Å². The fraction of sp³-hybridized carbons (Fsp3) is 0.154. The molecule has 4 heteroatoms. The third-order valence-electron chi connectivity index (χ3n) is 2.38. The van der Waals surface area contributed by atoms with Gasteiger partial charge in [-0.1, -0.05) is 12.1 Å². The summed E-state index contributed by atoms with van der Waals surface area (Å²) in [6.07, 6.45) is 0. The summed E-state index contributed by atoms with van der Waals surface area (Å²) >= 11 is 0. The van der Waals surface area contributed by atoms with Crippen molar-refractivity contribution in [1.82, 2.24) is 0 Å². The molecular weight excluding hydrogens is 220 g/mol. The van der Waals surface area contributed by atoms with Crippen molar-refractivity contribution < 1.29 is 19.4 Å². The Kier molecular flexibility index (Phi) is 3.14. The van der Waals surface area contributed by atoms with Crippen LogP contribution in [0.4, 0.5) is 0 Å². The second kappa shape index (κ2) is 4.74. The van der Waals surface area contributed by atoms with Crippen LogP contribution in [0.25, 0.3) is 10.8 Å². The Morgan fingerprint density at radius 3 is 2.71 bits per heavy atom. The van der Waals surface area contributed by atoms with Crippen molar-refractivity contribution in [3.05, 3.63) is 36.4 Å². The lowest BCUT2D eigenvalue weighted by atomic mass is 10.1. The summed E-state index contributed by atoms with van der Waals surface area (Å²) < 4.78 is 9.73. The average Bonchev–Trinajstić information content (AvgIpc) is 2.35. The van der Waals surface area contributed by atoms with E-state index in [-0.39, 0.29) is 12.4 Å². The SMILES string of the molecule is COC(=O)COc1ccc2ccc(O)cc2c1. The highest BCUT2D eigenvalue weighted by atomic mass is 16.6. The van der Waals surface area contributed by atoms with Gasteiger partial charge in [-0.3, -0.25) is 0 Å². The molecule has 1 N–H and O–H groups in total. The zero-order valence-corrected chi connectivity index (χ0v) is 9.34. The number of hydrogen-bond donors (Lipinski definition) is 1. The number of benzene rings is 2. The van der Waals surface area contributed by atoms with Gasteiger partial charge in [0.2, 0.25) is 0 Å². The Morgan fingerprint density at radius 2 is 1.94 bits per heavy atom. The molecule has 0 aliphatic rings. The molecule has 0 amide bonds. The smallest absolute Gasteiger partial charge is 0.343 e. The van der Waals surface area contributed by atoms with E-state index in [1.165, 1.54) is 7.11 Å². The van der Waals surface area contributed by atoms with Gasteiger partial charge in [-0.15, -0.1) is 0 Å². The number of phenolic OH excluding ortho intramolecular Hbond substituents is 1. The zero-order chi connectivity index (χ0) is 12.3. The first-order valence-corrected chi connectivity index (χ1v) is 5.11. The standard InChI is InChI=1S/C13H12O4/c1-16-13(15)8-17-12-5-3-9-2-4-11(14)6-10(9)7-12/h2-7,14H,8H2,1H3. The zero-order valence-electron chi connectivity index (χ0n) is 9.34. The minimum Gasteiger partial charge on any atom is -0.508 e. The van der Waals surface area contributed by atoms with E-state index in [9.17, 15) is 9.90 Å². The highest BCUT2D eigenvalue weighted by Crippen LogP contribution is 2.24. The fourth-order valence-corrected chi connectivity index (χ4v) is 1.50. The van der Waals surface area contributed by atoms with Gasteiger partial charge >= 0.3 is 5.97 Å². The molecule has 0 radical (unpaired) electrons. The van der Waals surface area contributed by atoms with E-state index in [1.54, 1.807) is 24.3 Å². The summed E-state index contributed by atoms with van der Waals surface area (Å²) in [6.45, 7) is -0.124. The number of aromatic hydroxyl groups is 1. The molecule has 0 unspecified atom stereocenters. The number of fused-ring (bicyclic) bond motifs is 1. The van der Waals surface area contributed by atoms with Crippen LogP contribution in [0.15, 0.2) is 36.4 Å². The Labute approximate surface area is 98.4 Å². The van der Waals surface area contributed by atoms with Crippen LogP contribution in [-0.2, 0) is 9.53 Å². The summed E-state index contributed by atoms with van der Waals surface area (Å²) in [4.78, 5) is 10.9. The number of esters is 1.